The maximum Gasteiger partial charge on any atom is 0.229 e. The third-order valence-corrected chi connectivity index (χ3v) is 3.13. The summed E-state index contributed by atoms with van der Waals surface area (Å²) < 4.78 is 5.41. The summed E-state index contributed by atoms with van der Waals surface area (Å²) in [5, 5.41) is 0. The first-order valence-electron chi connectivity index (χ1n) is 6.45. The first-order valence-corrected chi connectivity index (χ1v) is 6.45. The Hall–Kier alpha value is -1.95. The van der Waals surface area contributed by atoms with Gasteiger partial charge < -0.3 is 28.7 Å². The van der Waals surface area contributed by atoms with Crippen molar-refractivity contribution in [3.8, 4) is 28.4 Å². The van der Waals surface area contributed by atoms with Crippen LogP contribution in [0.1, 0.15) is 0 Å². The molecule has 0 saturated carbocycles. The maximum absolute atomic E-state index is 5.41. The fourth-order valence-electron chi connectivity index (χ4n) is 2.16. The summed E-state index contributed by atoms with van der Waals surface area (Å²) in [7, 11) is 1.68. The summed E-state index contributed by atoms with van der Waals surface area (Å²) >= 11 is 0. The third-order valence-electron chi connectivity index (χ3n) is 3.13. The number of para-hydroxylation sites is 1. The van der Waals surface area contributed by atoms with Gasteiger partial charge in [0, 0.05) is 18.3 Å². The quantitative estimate of drug-likeness (QED) is 0.601. The number of benzene rings is 1. The number of rotatable bonds is 3. The Labute approximate surface area is 141 Å². The van der Waals surface area contributed by atoms with E-state index in [1.54, 1.807) is 13.3 Å². The van der Waals surface area contributed by atoms with E-state index in [9.17, 15) is 0 Å². The summed E-state index contributed by atoms with van der Waals surface area (Å²) in [5.41, 5.74) is 3.94. The van der Waals surface area contributed by atoms with Gasteiger partial charge in [-0.05, 0) is 30.3 Å². The van der Waals surface area contributed by atoms with Crippen LogP contribution in [-0.2, 0) is 0 Å². The first kappa shape index (κ1) is 15.4. The highest BCUT2D eigenvalue weighted by molar-refractivity contribution is 5.65. The summed E-state index contributed by atoms with van der Waals surface area (Å²) in [6.07, 6.45) is 1.79. The average molecular weight is 390 g/mol. The number of aromatic amines is 1. The number of ether oxygens (including phenoxy) is 1. The standard InChI is InChI=1S/C17H14N2O.HI/c1-20-17-11-3-2-7-13(17)14-9-6-10-16(19-14)15-8-4-5-12-18-15;/h2-12H,1H3;1H. The minimum absolute atomic E-state index is 0. The molecule has 3 rings (SSSR count). The Morgan fingerprint density at radius 3 is 2.38 bits per heavy atom. The van der Waals surface area contributed by atoms with Crippen molar-refractivity contribution in [2.75, 3.05) is 7.11 Å². The van der Waals surface area contributed by atoms with Crippen molar-refractivity contribution in [3.63, 3.8) is 0 Å². The number of aromatic nitrogens is 2. The maximum atomic E-state index is 5.41. The smallest absolute Gasteiger partial charge is 0.229 e. The molecule has 0 fully saturated rings. The van der Waals surface area contributed by atoms with Crippen molar-refractivity contribution in [1.82, 2.24) is 4.98 Å². The number of hydrogen-bond acceptors (Lipinski definition) is 2. The zero-order chi connectivity index (χ0) is 13.8. The lowest BCUT2D eigenvalue weighted by molar-refractivity contribution is -0.351. The lowest BCUT2D eigenvalue weighted by atomic mass is 10.1. The highest BCUT2D eigenvalue weighted by atomic mass is 127. The molecule has 0 aliphatic heterocycles. The van der Waals surface area contributed by atoms with Crippen LogP contribution >= 0.6 is 0 Å². The molecule has 1 N–H and O–H groups in total. The average Bonchev–Trinajstić information content (AvgIpc) is 2.56. The molecular formula is C17H15IN2O. The lowest BCUT2D eigenvalue weighted by Gasteiger charge is -2.04. The number of methoxy groups -OCH3 is 1. The molecule has 3 aromatic rings. The van der Waals surface area contributed by atoms with Gasteiger partial charge in [0.05, 0.1) is 12.7 Å². The topological polar surface area (TPSA) is 36.3 Å². The van der Waals surface area contributed by atoms with Crippen molar-refractivity contribution in [1.29, 1.82) is 0 Å². The SMILES string of the molecule is COc1ccccc1-c1cccc(-c2ccccn2)[nH+]1.[I-]. The predicted octanol–water partition coefficient (Wildman–Crippen LogP) is 0.242. The highest BCUT2D eigenvalue weighted by Crippen LogP contribution is 2.27. The van der Waals surface area contributed by atoms with Crippen molar-refractivity contribution in [2.45, 2.75) is 0 Å². The van der Waals surface area contributed by atoms with Gasteiger partial charge in [0.1, 0.15) is 11.4 Å². The van der Waals surface area contributed by atoms with Crippen molar-refractivity contribution in [3.05, 3.63) is 66.9 Å². The molecule has 0 radical (unpaired) electrons. The largest absolute Gasteiger partial charge is 1.00 e. The predicted molar refractivity (Wildman–Crippen MR) is 78.2 cm³/mol. The monoisotopic (exact) mass is 390 g/mol. The van der Waals surface area contributed by atoms with Crippen LogP contribution in [0, 0.1) is 0 Å². The van der Waals surface area contributed by atoms with Crippen LogP contribution in [0.4, 0.5) is 0 Å². The van der Waals surface area contributed by atoms with Gasteiger partial charge in [-0.2, -0.15) is 0 Å². The van der Waals surface area contributed by atoms with Crippen LogP contribution in [0.2, 0.25) is 0 Å². The minimum atomic E-state index is 0. The van der Waals surface area contributed by atoms with Gasteiger partial charge in [-0.15, -0.1) is 0 Å². The van der Waals surface area contributed by atoms with Crippen LogP contribution in [0.25, 0.3) is 22.6 Å². The van der Waals surface area contributed by atoms with E-state index in [0.29, 0.717) is 0 Å². The molecule has 2 aromatic heterocycles. The lowest BCUT2D eigenvalue weighted by Crippen LogP contribution is -3.00. The Morgan fingerprint density at radius 1 is 0.857 bits per heavy atom. The Morgan fingerprint density at radius 2 is 1.62 bits per heavy atom. The molecule has 0 saturated heterocycles. The van der Waals surface area contributed by atoms with Gasteiger partial charge in [0.2, 0.25) is 11.4 Å². The van der Waals surface area contributed by atoms with Gasteiger partial charge in [-0.1, -0.05) is 18.2 Å². The van der Waals surface area contributed by atoms with Crippen LogP contribution in [-0.4, -0.2) is 12.1 Å². The zero-order valence-corrected chi connectivity index (χ0v) is 13.7. The van der Waals surface area contributed by atoms with E-state index in [0.717, 1.165) is 28.4 Å². The molecule has 3 nitrogen and oxygen atoms in total. The van der Waals surface area contributed by atoms with Gasteiger partial charge in [-0.25, -0.2) is 9.97 Å². The number of hydrogen-bond donors (Lipinski definition) is 0. The van der Waals surface area contributed by atoms with Gasteiger partial charge >= 0.3 is 0 Å². The zero-order valence-electron chi connectivity index (χ0n) is 11.6. The van der Waals surface area contributed by atoms with Crippen molar-refractivity contribution in [2.24, 2.45) is 0 Å². The van der Waals surface area contributed by atoms with E-state index in [1.807, 2.05) is 60.7 Å². The van der Waals surface area contributed by atoms with Crippen LogP contribution in [0.15, 0.2) is 66.9 Å². The Bertz CT molecular complexity index is 717. The normalized spacial score (nSPS) is 9.76. The van der Waals surface area contributed by atoms with E-state index in [2.05, 4.69) is 9.97 Å². The first-order chi connectivity index (χ1) is 9.88. The molecule has 0 aliphatic carbocycles. The summed E-state index contributed by atoms with van der Waals surface area (Å²) in [6.45, 7) is 0. The van der Waals surface area contributed by atoms with Gasteiger partial charge in [-0.3, -0.25) is 0 Å². The fourth-order valence-corrected chi connectivity index (χ4v) is 2.16. The van der Waals surface area contributed by atoms with E-state index in [1.165, 1.54) is 0 Å². The Balaban J connectivity index is 0.00000161. The molecule has 0 amide bonds. The molecule has 0 spiro atoms. The third kappa shape index (κ3) is 3.39. The fraction of sp³-hybridized carbons (Fsp3) is 0.0588. The van der Waals surface area contributed by atoms with E-state index in [-0.39, 0.29) is 24.0 Å². The summed E-state index contributed by atoms with van der Waals surface area (Å²) in [6, 6.07) is 19.9. The van der Waals surface area contributed by atoms with E-state index >= 15 is 0 Å². The van der Waals surface area contributed by atoms with Crippen LogP contribution in [0.5, 0.6) is 5.75 Å². The molecule has 0 unspecified atom stereocenters. The van der Waals surface area contributed by atoms with Crippen LogP contribution in [0.3, 0.4) is 0 Å². The number of H-pyrrole nitrogens is 1. The second-order valence-electron chi connectivity index (χ2n) is 4.39. The molecule has 1 aromatic carbocycles. The van der Waals surface area contributed by atoms with Gasteiger partial charge in [0.25, 0.3) is 0 Å². The molecule has 4 heteroatoms. The number of nitrogens with zero attached hydrogens (tertiary/aromatic N) is 1. The molecule has 0 bridgehead atoms. The minimum Gasteiger partial charge on any atom is -1.00 e. The number of pyridine rings is 2. The molecule has 0 aliphatic rings. The van der Waals surface area contributed by atoms with Crippen molar-refractivity contribution < 1.29 is 33.7 Å². The van der Waals surface area contributed by atoms with Gasteiger partial charge in [0.15, 0.2) is 0 Å². The molecule has 21 heavy (non-hydrogen) atoms. The van der Waals surface area contributed by atoms with E-state index < -0.39 is 0 Å². The summed E-state index contributed by atoms with van der Waals surface area (Å²) in [4.78, 5) is 7.77. The highest BCUT2D eigenvalue weighted by Gasteiger charge is 2.14. The van der Waals surface area contributed by atoms with E-state index in [4.69, 9.17) is 4.74 Å². The molecule has 106 valence electrons. The number of halogens is 1. The Kier molecular flexibility index (Phi) is 5.27. The molecular weight excluding hydrogens is 375 g/mol. The summed E-state index contributed by atoms with van der Waals surface area (Å²) in [5.74, 6) is 0.849. The second-order valence-corrected chi connectivity index (χ2v) is 4.39. The number of nitrogens with one attached hydrogen (secondary N) is 1. The second kappa shape index (κ2) is 7.17. The van der Waals surface area contributed by atoms with Crippen molar-refractivity contribution >= 4 is 0 Å². The molecule has 2 heterocycles. The van der Waals surface area contributed by atoms with Crippen LogP contribution < -0.4 is 33.7 Å². The molecule has 0 atom stereocenters.